The zero-order valence-electron chi connectivity index (χ0n) is 11.6. The van der Waals surface area contributed by atoms with E-state index in [2.05, 4.69) is 0 Å². The standard InChI is InChI=1S/C16H16FNO2/c1-10-4-6-14(9-15(10)17)18-11(2)8-13(12(18)3)5-7-16(19)20/h4-9H,1-3H3,(H,19,20)/b7-5+. The van der Waals surface area contributed by atoms with Crippen molar-refractivity contribution in [1.82, 2.24) is 4.57 Å². The minimum atomic E-state index is -0.990. The third-order valence-corrected chi connectivity index (χ3v) is 3.29. The van der Waals surface area contributed by atoms with Gasteiger partial charge in [0.1, 0.15) is 5.82 Å². The highest BCUT2D eigenvalue weighted by atomic mass is 19.1. The molecule has 0 saturated heterocycles. The van der Waals surface area contributed by atoms with Gasteiger partial charge in [0.05, 0.1) is 0 Å². The van der Waals surface area contributed by atoms with Gasteiger partial charge in [0.25, 0.3) is 0 Å². The van der Waals surface area contributed by atoms with Crippen molar-refractivity contribution in [2.45, 2.75) is 20.8 Å². The molecule has 4 heteroatoms. The number of aryl methyl sites for hydroxylation is 2. The van der Waals surface area contributed by atoms with Crippen LogP contribution in [0.3, 0.4) is 0 Å². The van der Waals surface area contributed by atoms with E-state index in [4.69, 9.17) is 5.11 Å². The van der Waals surface area contributed by atoms with E-state index < -0.39 is 5.97 Å². The zero-order valence-corrected chi connectivity index (χ0v) is 11.6. The van der Waals surface area contributed by atoms with E-state index in [-0.39, 0.29) is 5.82 Å². The number of halogens is 1. The first-order chi connectivity index (χ1) is 9.40. The number of aliphatic carboxylic acids is 1. The molecule has 0 aliphatic heterocycles. The Kier molecular flexibility index (Phi) is 3.74. The van der Waals surface area contributed by atoms with Crippen LogP contribution in [0.2, 0.25) is 0 Å². The van der Waals surface area contributed by atoms with Crippen LogP contribution in [0, 0.1) is 26.6 Å². The number of hydrogen-bond acceptors (Lipinski definition) is 1. The second kappa shape index (κ2) is 5.33. The molecule has 0 bridgehead atoms. The molecule has 0 atom stereocenters. The van der Waals surface area contributed by atoms with Gasteiger partial charge in [-0.25, -0.2) is 9.18 Å². The number of benzene rings is 1. The minimum absolute atomic E-state index is 0.252. The molecule has 1 heterocycles. The van der Waals surface area contributed by atoms with E-state index >= 15 is 0 Å². The van der Waals surface area contributed by atoms with Crippen LogP contribution in [0.5, 0.6) is 0 Å². The molecule has 104 valence electrons. The van der Waals surface area contributed by atoms with Crippen molar-refractivity contribution in [3.05, 3.63) is 58.7 Å². The lowest BCUT2D eigenvalue weighted by atomic mass is 10.2. The van der Waals surface area contributed by atoms with E-state index in [0.717, 1.165) is 28.7 Å². The molecule has 0 radical (unpaired) electrons. The van der Waals surface area contributed by atoms with E-state index in [0.29, 0.717) is 5.56 Å². The fraction of sp³-hybridized carbons (Fsp3) is 0.188. The first-order valence-corrected chi connectivity index (χ1v) is 6.26. The summed E-state index contributed by atoms with van der Waals surface area (Å²) in [5.41, 5.74) is 3.95. The predicted molar refractivity (Wildman–Crippen MR) is 76.6 cm³/mol. The predicted octanol–water partition coefficient (Wildman–Crippen LogP) is 3.64. The molecule has 1 aromatic heterocycles. The summed E-state index contributed by atoms with van der Waals surface area (Å²) in [5.74, 6) is -1.24. The minimum Gasteiger partial charge on any atom is -0.478 e. The number of carbonyl (C=O) groups is 1. The van der Waals surface area contributed by atoms with E-state index in [1.807, 2.05) is 30.5 Å². The Morgan fingerprint density at radius 3 is 2.55 bits per heavy atom. The van der Waals surface area contributed by atoms with Crippen molar-refractivity contribution in [2.75, 3.05) is 0 Å². The molecule has 2 rings (SSSR count). The molecular weight excluding hydrogens is 257 g/mol. The van der Waals surface area contributed by atoms with Gasteiger partial charge in [-0.2, -0.15) is 0 Å². The second-order valence-electron chi connectivity index (χ2n) is 4.77. The fourth-order valence-corrected chi connectivity index (χ4v) is 2.24. The second-order valence-corrected chi connectivity index (χ2v) is 4.77. The highest BCUT2D eigenvalue weighted by Crippen LogP contribution is 2.23. The van der Waals surface area contributed by atoms with Crippen molar-refractivity contribution in [3.63, 3.8) is 0 Å². The SMILES string of the molecule is Cc1ccc(-n2c(C)cc(/C=C/C(=O)O)c2C)cc1F. The fourth-order valence-electron chi connectivity index (χ4n) is 2.24. The lowest BCUT2D eigenvalue weighted by molar-refractivity contribution is -0.131. The maximum absolute atomic E-state index is 13.7. The molecule has 3 nitrogen and oxygen atoms in total. The van der Waals surface area contributed by atoms with Gasteiger partial charge in [0.2, 0.25) is 0 Å². The molecular formula is C16H16FNO2. The van der Waals surface area contributed by atoms with E-state index in [9.17, 15) is 9.18 Å². The quantitative estimate of drug-likeness (QED) is 0.867. The monoisotopic (exact) mass is 273 g/mol. The number of aromatic nitrogens is 1. The summed E-state index contributed by atoms with van der Waals surface area (Å²) >= 11 is 0. The molecule has 0 amide bonds. The zero-order chi connectivity index (χ0) is 14.9. The average molecular weight is 273 g/mol. The van der Waals surface area contributed by atoms with Crippen LogP contribution in [0.25, 0.3) is 11.8 Å². The third kappa shape index (κ3) is 2.64. The Hall–Kier alpha value is -2.36. The molecule has 0 fully saturated rings. The van der Waals surface area contributed by atoms with E-state index in [1.54, 1.807) is 19.1 Å². The van der Waals surface area contributed by atoms with Crippen LogP contribution in [-0.2, 0) is 4.79 Å². The van der Waals surface area contributed by atoms with Gasteiger partial charge in [-0.15, -0.1) is 0 Å². The highest BCUT2D eigenvalue weighted by molar-refractivity contribution is 5.85. The van der Waals surface area contributed by atoms with Crippen molar-refractivity contribution in [3.8, 4) is 5.69 Å². The summed E-state index contributed by atoms with van der Waals surface area (Å²) in [4.78, 5) is 10.6. The van der Waals surface area contributed by atoms with Gasteiger partial charge in [0.15, 0.2) is 0 Å². The largest absolute Gasteiger partial charge is 0.478 e. The van der Waals surface area contributed by atoms with Crippen LogP contribution >= 0.6 is 0 Å². The highest BCUT2D eigenvalue weighted by Gasteiger charge is 2.10. The molecule has 0 unspecified atom stereocenters. The Morgan fingerprint density at radius 2 is 1.95 bits per heavy atom. The summed E-state index contributed by atoms with van der Waals surface area (Å²) < 4.78 is 15.6. The van der Waals surface area contributed by atoms with Crippen LogP contribution in [0.15, 0.2) is 30.3 Å². The lowest BCUT2D eigenvalue weighted by Crippen LogP contribution is -2.00. The maximum atomic E-state index is 13.7. The molecule has 0 saturated carbocycles. The molecule has 20 heavy (non-hydrogen) atoms. The van der Waals surface area contributed by atoms with E-state index in [1.165, 1.54) is 6.07 Å². The maximum Gasteiger partial charge on any atom is 0.328 e. The Balaban J connectivity index is 2.52. The molecule has 0 aliphatic carbocycles. The van der Waals surface area contributed by atoms with Gasteiger partial charge < -0.3 is 9.67 Å². The Morgan fingerprint density at radius 1 is 1.25 bits per heavy atom. The van der Waals surface area contributed by atoms with Crippen molar-refractivity contribution >= 4 is 12.0 Å². The third-order valence-electron chi connectivity index (χ3n) is 3.29. The summed E-state index contributed by atoms with van der Waals surface area (Å²) in [6, 6.07) is 6.95. The number of carboxylic acid groups (broad SMARTS) is 1. The number of hydrogen-bond donors (Lipinski definition) is 1. The van der Waals surface area contributed by atoms with Gasteiger partial charge in [-0.3, -0.25) is 0 Å². The van der Waals surface area contributed by atoms with Gasteiger partial charge in [-0.1, -0.05) is 6.07 Å². The van der Waals surface area contributed by atoms with Crippen molar-refractivity contribution in [1.29, 1.82) is 0 Å². The average Bonchev–Trinajstić information content (AvgIpc) is 2.65. The molecule has 1 N–H and O–H groups in total. The number of carboxylic acids is 1. The summed E-state index contributed by atoms with van der Waals surface area (Å²) in [6.45, 7) is 5.50. The molecule has 0 spiro atoms. The number of nitrogens with zero attached hydrogens (tertiary/aromatic N) is 1. The Bertz CT molecular complexity index is 699. The molecule has 1 aromatic carbocycles. The van der Waals surface area contributed by atoms with Crippen LogP contribution in [-0.4, -0.2) is 15.6 Å². The Labute approximate surface area is 117 Å². The topological polar surface area (TPSA) is 42.2 Å². The molecule has 0 aliphatic rings. The summed E-state index contributed by atoms with van der Waals surface area (Å²) in [7, 11) is 0. The molecule has 2 aromatic rings. The van der Waals surface area contributed by atoms with Crippen LogP contribution in [0.1, 0.15) is 22.5 Å². The number of rotatable bonds is 3. The smallest absolute Gasteiger partial charge is 0.328 e. The van der Waals surface area contributed by atoms with Gasteiger partial charge in [-0.05, 0) is 56.2 Å². The first kappa shape index (κ1) is 14.1. The van der Waals surface area contributed by atoms with Gasteiger partial charge in [0, 0.05) is 23.2 Å². The lowest BCUT2D eigenvalue weighted by Gasteiger charge is -2.10. The normalized spacial score (nSPS) is 11.2. The van der Waals surface area contributed by atoms with Crippen LogP contribution < -0.4 is 0 Å². The van der Waals surface area contributed by atoms with Gasteiger partial charge >= 0.3 is 5.97 Å². The first-order valence-electron chi connectivity index (χ1n) is 6.26. The summed E-state index contributed by atoms with van der Waals surface area (Å²) in [6.07, 6.45) is 2.65. The van der Waals surface area contributed by atoms with Crippen LogP contribution in [0.4, 0.5) is 4.39 Å². The van der Waals surface area contributed by atoms with Crippen molar-refractivity contribution in [2.24, 2.45) is 0 Å². The van der Waals surface area contributed by atoms with Crippen molar-refractivity contribution < 1.29 is 14.3 Å². The summed E-state index contributed by atoms with van der Waals surface area (Å²) in [5, 5.41) is 8.68.